The first-order chi connectivity index (χ1) is 15.8. The molecule has 8 nitrogen and oxygen atoms in total. The first kappa shape index (κ1) is 23.9. The predicted molar refractivity (Wildman–Crippen MR) is 128 cm³/mol. The molecule has 0 radical (unpaired) electrons. The third kappa shape index (κ3) is 5.30. The molecule has 0 spiro atoms. The number of piperidine rings is 2. The van der Waals surface area contributed by atoms with E-state index in [1.165, 1.54) is 12.7 Å². The number of carbonyl (C=O) groups is 1. The Morgan fingerprint density at radius 1 is 1.12 bits per heavy atom. The van der Waals surface area contributed by atoms with Crippen molar-refractivity contribution in [3.63, 3.8) is 0 Å². The normalized spacial score (nSPS) is 20.4. The van der Waals surface area contributed by atoms with Gasteiger partial charge in [0.2, 0.25) is 11.9 Å². The molecular weight excluding hydrogens is 440 g/mol. The molecule has 0 N–H and O–H groups in total. The third-order valence-corrected chi connectivity index (χ3v) is 8.08. The van der Waals surface area contributed by atoms with E-state index in [1.54, 1.807) is 25.3 Å². The summed E-state index contributed by atoms with van der Waals surface area (Å²) in [5, 5.41) is 0.850. The van der Waals surface area contributed by atoms with Gasteiger partial charge in [-0.2, -0.15) is 0 Å². The minimum Gasteiger partial charge on any atom is -0.385 e. The van der Waals surface area contributed by atoms with Crippen molar-refractivity contribution in [2.24, 2.45) is 5.92 Å². The fourth-order valence-corrected chi connectivity index (χ4v) is 5.67. The van der Waals surface area contributed by atoms with Crippen LogP contribution < -0.4 is 4.90 Å². The van der Waals surface area contributed by atoms with E-state index in [4.69, 9.17) is 4.74 Å². The Morgan fingerprint density at radius 2 is 1.88 bits per heavy atom. The summed E-state index contributed by atoms with van der Waals surface area (Å²) in [7, 11) is -1.60. The smallest absolute Gasteiger partial charge is 0.226 e. The molecule has 4 rings (SSSR count). The summed E-state index contributed by atoms with van der Waals surface area (Å²) in [6.07, 6.45) is 6.97. The quantitative estimate of drug-likeness (QED) is 0.635. The van der Waals surface area contributed by atoms with Crippen LogP contribution in [0.3, 0.4) is 0 Å². The summed E-state index contributed by atoms with van der Waals surface area (Å²) < 4.78 is 29.2. The van der Waals surface area contributed by atoms with Crippen molar-refractivity contribution in [3.8, 4) is 0 Å². The molecule has 3 heterocycles. The maximum atomic E-state index is 13.3. The molecule has 2 aliphatic rings. The highest BCUT2D eigenvalue weighted by Crippen LogP contribution is 2.29. The second kappa shape index (κ2) is 9.93. The second-order valence-corrected chi connectivity index (χ2v) is 11.3. The lowest BCUT2D eigenvalue weighted by molar-refractivity contribution is -0.140. The SMILES string of the molecule is COCC[C@@H]1CCCCN1C(=O)C1CCN(c2nc(C)c3ccc(S(C)(=O)=O)cc3n2)CC1. The molecular formula is C24H34N4O4S. The number of ether oxygens (including phenoxy) is 1. The lowest BCUT2D eigenvalue weighted by Gasteiger charge is -2.40. The number of hydrogen-bond donors (Lipinski definition) is 0. The van der Waals surface area contributed by atoms with Gasteiger partial charge in [-0.25, -0.2) is 18.4 Å². The summed E-state index contributed by atoms with van der Waals surface area (Å²) >= 11 is 0. The Labute approximate surface area is 196 Å². The highest BCUT2D eigenvalue weighted by Gasteiger charge is 2.33. The number of benzene rings is 1. The van der Waals surface area contributed by atoms with E-state index in [0.29, 0.717) is 37.2 Å². The summed E-state index contributed by atoms with van der Waals surface area (Å²) in [5.74, 6) is 0.916. The van der Waals surface area contributed by atoms with Crippen molar-refractivity contribution in [1.29, 1.82) is 0 Å². The van der Waals surface area contributed by atoms with Crippen LogP contribution >= 0.6 is 0 Å². The monoisotopic (exact) mass is 474 g/mol. The van der Waals surface area contributed by atoms with Gasteiger partial charge in [0.25, 0.3) is 0 Å². The van der Waals surface area contributed by atoms with E-state index >= 15 is 0 Å². The summed E-state index contributed by atoms with van der Waals surface area (Å²) in [4.78, 5) is 27.1. The molecule has 2 saturated heterocycles. The fourth-order valence-electron chi connectivity index (χ4n) is 5.03. The van der Waals surface area contributed by atoms with Crippen LogP contribution in [-0.4, -0.2) is 74.8 Å². The Balaban J connectivity index is 1.46. The van der Waals surface area contributed by atoms with E-state index < -0.39 is 9.84 Å². The molecule has 1 aromatic heterocycles. The van der Waals surface area contributed by atoms with Crippen LogP contribution in [0.4, 0.5) is 5.95 Å². The van der Waals surface area contributed by atoms with Gasteiger partial charge in [0.05, 0.1) is 16.1 Å². The molecule has 1 aromatic carbocycles. The zero-order valence-corrected chi connectivity index (χ0v) is 20.6. The molecule has 2 aromatic rings. The van der Waals surface area contributed by atoms with Crippen molar-refractivity contribution in [2.75, 3.05) is 44.5 Å². The van der Waals surface area contributed by atoms with Crippen molar-refractivity contribution < 1.29 is 17.9 Å². The van der Waals surface area contributed by atoms with Gasteiger partial charge >= 0.3 is 0 Å². The molecule has 180 valence electrons. The summed E-state index contributed by atoms with van der Waals surface area (Å²) in [5.41, 5.74) is 1.45. The van der Waals surface area contributed by atoms with Crippen LogP contribution in [0.25, 0.3) is 10.9 Å². The lowest BCUT2D eigenvalue weighted by atomic mass is 9.92. The average Bonchev–Trinajstić information content (AvgIpc) is 2.81. The molecule has 0 bridgehead atoms. The highest BCUT2D eigenvalue weighted by atomic mass is 32.2. The lowest BCUT2D eigenvalue weighted by Crippen LogP contribution is -2.49. The Hall–Kier alpha value is -2.26. The first-order valence-electron chi connectivity index (χ1n) is 11.8. The Kier molecular flexibility index (Phi) is 7.19. The number of methoxy groups -OCH3 is 1. The molecule has 1 amide bonds. The van der Waals surface area contributed by atoms with Gasteiger partial charge in [0.1, 0.15) is 0 Å². The number of nitrogens with zero attached hydrogens (tertiary/aromatic N) is 4. The number of carbonyl (C=O) groups excluding carboxylic acids is 1. The van der Waals surface area contributed by atoms with Crippen molar-refractivity contribution in [3.05, 3.63) is 23.9 Å². The number of fused-ring (bicyclic) bond motifs is 1. The van der Waals surface area contributed by atoms with E-state index in [0.717, 1.165) is 49.7 Å². The van der Waals surface area contributed by atoms with Gasteiger partial charge < -0.3 is 14.5 Å². The molecule has 0 saturated carbocycles. The molecule has 9 heteroatoms. The van der Waals surface area contributed by atoms with Crippen LogP contribution in [0.1, 0.15) is 44.2 Å². The van der Waals surface area contributed by atoms with Crippen LogP contribution in [0.15, 0.2) is 23.1 Å². The number of aryl methyl sites for hydroxylation is 1. The Morgan fingerprint density at radius 3 is 2.58 bits per heavy atom. The zero-order valence-electron chi connectivity index (χ0n) is 19.8. The highest BCUT2D eigenvalue weighted by molar-refractivity contribution is 7.90. The maximum absolute atomic E-state index is 13.3. The topological polar surface area (TPSA) is 92.7 Å². The molecule has 0 unspecified atom stereocenters. The number of anilines is 1. The van der Waals surface area contributed by atoms with Crippen LogP contribution in [0.5, 0.6) is 0 Å². The summed E-state index contributed by atoms with van der Waals surface area (Å²) in [6, 6.07) is 5.29. The molecule has 2 aliphatic heterocycles. The molecule has 1 atom stereocenters. The maximum Gasteiger partial charge on any atom is 0.226 e. The third-order valence-electron chi connectivity index (χ3n) is 6.97. The number of sulfone groups is 1. The zero-order chi connectivity index (χ0) is 23.6. The van der Waals surface area contributed by atoms with Gasteiger partial charge in [0, 0.05) is 57.0 Å². The number of hydrogen-bond acceptors (Lipinski definition) is 7. The van der Waals surface area contributed by atoms with E-state index in [9.17, 15) is 13.2 Å². The molecule has 2 fully saturated rings. The first-order valence-corrected chi connectivity index (χ1v) is 13.7. The van der Waals surface area contributed by atoms with Crippen molar-refractivity contribution in [2.45, 2.75) is 56.4 Å². The van der Waals surface area contributed by atoms with Crippen LogP contribution in [0.2, 0.25) is 0 Å². The number of rotatable bonds is 6. The molecule has 33 heavy (non-hydrogen) atoms. The minimum atomic E-state index is -3.31. The van der Waals surface area contributed by atoms with Gasteiger partial charge in [-0.15, -0.1) is 0 Å². The van der Waals surface area contributed by atoms with E-state index in [2.05, 4.69) is 19.8 Å². The average molecular weight is 475 g/mol. The fraction of sp³-hybridized carbons (Fsp3) is 0.625. The van der Waals surface area contributed by atoms with E-state index in [-0.39, 0.29) is 16.7 Å². The summed E-state index contributed by atoms with van der Waals surface area (Å²) in [6.45, 7) is 4.88. The van der Waals surface area contributed by atoms with Gasteiger partial charge in [0.15, 0.2) is 9.84 Å². The van der Waals surface area contributed by atoms with Gasteiger partial charge in [-0.3, -0.25) is 4.79 Å². The standard InChI is InChI=1S/C24H34N4O4S/c1-17-21-8-7-20(33(3,30)31)16-22(21)26-24(25-17)27-13-9-18(10-14-27)23(29)28-12-5-4-6-19(28)11-15-32-2/h7-8,16,18-19H,4-6,9-15H2,1-3H3/t19-/m0/s1. The van der Waals surface area contributed by atoms with Crippen molar-refractivity contribution >= 4 is 32.6 Å². The predicted octanol–water partition coefficient (Wildman–Crippen LogP) is 2.98. The Bertz CT molecular complexity index is 1110. The second-order valence-electron chi connectivity index (χ2n) is 9.28. The number of aromatic nitrogens is 2. The van der Waals surface area contributed by atoms with Gasteiger partial charge in [-0.05, 0) is 63.6 Å². The van der Waals surface area contributed by atoms with Crippen LogP contribution in [-0.2, 0) is 19.4 Å². The molecule has 0 aliphatic carbocycles. The van der Waals surface area contributed by atoms with Crippen molar-refractivity contribution in [1.82, 2.24) is 14.9 Å². The number of likely N-dealkylation sites (tertiary alicyclic amines) is 1. The van der Waals surface area contributed by atoms with Gasteiger partial charge in [-0.1, -0.05) is 0 Å². The minimum absolute atomic E-state index is 0.0304. The van der Waals surface area contributed by atoms with E-state index in [1.807, 2.05) is 6.92 Å². The largest absolute Gasteiger partial charge is 0.385 e. The van der Waals surface area contributed by atoms with Crippen LogP contribution in [0, 0.1) is 12.8 Å². The number of amides is 1.